The summed E-state index contributed by atoms with van der Waals surface area (Å²) in [6.45, 7) is 0. The van der Waals surface area contributed by atoms with Crippen LogP contribution < -0.4 is 0 Å². The Labute approximate surface area is 229 Å². The second-order valence-corrected chi connectivity index (χ2v) is 1.79. The fourth-order valence-corrected chi connectivity index (χ4v) is 0. The normalized spacial score (nSPS) is 5.49. The van der Waals surface area contributed by atoms with Crippen LogP contribution in [0, 0.1) is 163 Å². The zero-order chi connectivity index (χ0) is 28.6. The van der Waals surface area contributed by atoms with Crippen molar-refractivity contribution in [3.8, 4) is 0 Å². The third kappa shape index (κ3) is 1120. The molecular formula is BFeN8NdO24. The van der Waals surface area contributed by atoms with E-state index in [4.69, 9.17) is 123 Å². The van der Waals surface area contributed by atoms with Crippen molar-refractivity contribution in [2.24, 2.45) is 0 Å². The van der Waals surface area contributed by atoms with Crippen LogP contribution in [0.2, 0.25) is 0 Å². The van der Waals surface area contributed by atoms with Gasteiger partial charge in [0.05, 0.1) is 40.7 Å². The largest absolute Gasteiger partial charge is 3.00 e. The van der Waals surface area contributed by atoms with Crippen molar-refractivity contribution >= 4 is 8.41 Å². The molecule has 0 aromatic rings. The van der Waals surface area contributed by atoms with Crippen molar-refractivity contribution < 1.29 is 98.6 Å². The molecule has 0 amide bonds. The quantitative estimate of drug-likeness (QED) is 0.145. The van der Waals surface area contributed by atoms with Gasteiger partial charge in [-0.25, -0.2) is 0 Å². The van der Waals surface area contributed by atoms with Gasteiger partial charge in [-0.3, -0.25) is 0 Å². The summed E-state index contributed by atoms with van der Waals surface area (Å²) in [6, 6.07) is 0. The molecule has 0 atom stereocenters. The summed E-state index contributed by atoms with van der Waals surface area (Å²) < 4.78 is 0. The first-order valence-electron chi connectivity index (χ1n) is 4.38. The zero-order valence-corrected chi connectivity index (χ0v) is 19.1. The van der Waals surface area contributed by atoms with Gasteiger partial charge in [-0.1, -0.05) is 0 Å². The minimum atomic E-state index is -1.75. The van der Waals surface area contributed by atoms with Gasteiger partial charge >= 0.3 is 66.3 Å². The molecule has 0 bridgehead atoms. The summed E-state index contributed by atoms with van der Waals surface area (Å²) in [5, 5.41) is 118. The second kappa shape index (κ2) is 63.0. The number of hydrogen-bond donors (Lipinski definition) is 0. The number of rotatable bonds is 0. The minimum Gasteiger partial charge on any atom is -0.356 e. The molecule has 1 radical (unpaired) electrons. The smallest absolute Gasteiger partial charge is 0.356 e. The topological polar surface area (TPSA) is 530 Å². The van der Waals surface area contributed by atoms with E-state index in [1.807, 2.05) is 0 Å². The molecule has 0 aliphatic heterocycles. The molecule has 0 aliphatic rings. The molecule has 0 aromatic heterocycles. The average molecular weight is 707 g/mol. The van der Waals surface area contributed by atoms with Gasteiger partial charge in [0.15, 0.2) is 0 Å². The van der Waals surface area contributed by atoms with Gasteiger partial charge in [0.1, 0.15) is 0 Å². The van der Waals surface area contributed by atoms with Crippen LogP contribution >= 0.6 is 0 Å². The van der Waals surface area contributed by atoms with Gasteiger partial charge in [-0.05, 0) is 0 Å². The maximum atomic E-state index is 8.25. The van der Waals surface area contributed by atoms with E-state index in [1.54, 1.807) is 0 Å². The SMILES string of the molecule is O=[N+]([O-])[O-].O=[N+]([O-])[O-].O=[N+]([O-])[O-].O=[N+]([O-])[O-].O=[N+]([O-])[O-].O=[N+]([O-])[O-].O=[N+]([O-])[O-].O=[N+]([O-])[O-].[B+3].[Fe+2].[Nd+3]. The second-order valence-electron chi connectivity index (χ2n) is 1.79. The predicted octanol–water partition coefficient (Wildman–Crippen LogP) is -2.30. The Balaban J connectivity index is -0.0000000206. The third-order valence-corrected chi connectivity index (χ3v) is 0. The van der Waals surface area contributed by atoms with Crippen LogP contribution in [0.1, 0.15) is 0 Å². The summed E-state index contributed by atoms with van der Waals surface area (Å²) >= 11 is 0. The zero-order valence-electron chi connectivity index (χ0n) is 14.8. The molecule has 0 saturated carbocycles. The molecule has 0 heterocycles. The minimum absolute atomic E-state index is 0. The first kappa shape index (κ1) is 69.8. The molecule has 35 heavy (non-hydrogen) atoms. The average Bonchev–Trinajstić information content (AvgIpc) is 2.30. The first-order chi connectivity index (χ1) is 13.9. The Hall–Kier alpha value is -4.46. The van der Waals surface area contributed by atoms with Crippen LogP contribution in [0.25, 0.3) is 0 Å². The van der Waals surface area contributed by atoms with Gasteiger partial charge in [0.2, 0.25) is 0 Å². The Bertz CT molecular complexity index is 374. The van der Waals surface area contributed by atoms with E-state index in [1.165, 1.54) is 0 Å². The van der Waals surface area contributed by atoms with E-state index < -0.39 is 40.7 Å². The van der Waals surface area contributed by atoms with E-state index in [0.29, 0.717) is 0 Å². The van der Waals surface area contributed by atoms with Crippen LogP contribution in [0.3, 0.4) is 0 Å². The molecule has 0 fully saturated rings. The first-order valence-corrected chi connectivity index (χ1v) is 4.38. The Morgan fingerprint density at radius 3 is 0.257 bits per heavy atom. The maximum absolute atomic E-state index is 8.25. The molecule has 35 heteroatoms. The van der Waals surface area contributed by atoms with E-state index in [9.17, 15) is 0 Å². The summed E-state index contributed by atoms with van der Waals surface area (Å²) in [5.74, 6) is 0. The monoisotopic (exact) mass is 705 g/mol. The molecule has 199 valence electrons. The van der Waals surface area contributed by atoms with Gasteiger partial charge in [-0.2, -0.15) is 0 Å². The fourth-order valence-electron chi connectivity index (χ4n) is 0. The van der Waals surface area contributed by atoms with Crippen molar-refractivity contribution in [2.75, 3.05) is 0 Å². The van der Waals surface area contributed by atoms with Crippen LogP contribution in [0.15, 0.2) is 0 Å². The van der Waals surface area contributed by atoms with Crippen LogP contribution in [-0.4, -0.2) is 49.1 Å². The fraction of sp³-hybridized carbons (Fsp3) is 0. The summed E-state index contributed by atoms with van der Waals surface area (Å²) in [7, 11) is 0. The summed E-state index contributed by atoms with van der Waals surface area (Å²) in [4.78, 5) is 66.0. The van der Waals surface area contributed by atoms with Crippen LogP contribution in [0.5, 0.6) is 0 Å². The number of hydrogen-bond acceptors (Lipinski definition) is 24. The molecule has 0 saturated heterocycles. The van der Waals surface area contributed by atoms with Gasteiger partial charge in [0, 0.05) is 0 Å². The molecule has 0 spiro atoms. The van der Waals surface area contributed by atoms with E-state index in [-0.39, 0.29) is 66.3 Å². The maximum Gasteiger partial charge on any atom is 3.00 e. The molecule has 0 unspecified atom stereocenters. The van der Waals surface area contributed by atoms with Gasteiger partial charge < -0.3 is 123 Å². The van der Waals surface area contributed by atoms with Gasteiger partial charge in [-0.15, -0.1) is 0 Å². The molecular weight excluding hydrogens is 707 g/mol. The van der Waals surface area contributed by atoms with Crippen molar-refractivity contribution in [1.82, 2.24) is 0 Å². The third-order valence-electron chi connectivity index (χ3n) is 0. The van der Waals surface area contributed by atoms with Gasteiger partial charge in [0.25, 0.3) is 0 Å². The summed E-state index contributed by atoms with van der Waals surface area (Å²) in [5.41, 5.74) is 0. The molecule has 0 aromatic carbocycles. The van der Waals surface area contributed by atoms with E-state index in [2.05, 4.69) is 0 Å². The van der Waals surface area contributed by atoms with Crippen LogP contribution in [-0.2, 0) is 17.1 Å². The van der Waals surface area contributed by atoms with E-state index in [0.717, 1.165) is 0 Å². The van der Waals surface area contributed by atoms with E-state index >= 15 is 0 Å². The molecule has 32 nitrogen and oxygen atoms in total. The summed E-state index contributed by atoms with van der Waals surface area (Å²) in [6.07, 6.45) is 0. The molecule has 0 aliphatic carbocycles. The van der Waals surface area contributed by atoms with Crippen molar-refractivity contribution in [3.63, 3.8) is 0 Å². The Morgan fingerprint density at radius 1 is 0.257 bits per heavy atom. The standard InChI is InChI=1S/B.Fe.8NO3.Nd/c;;8*2-1(3)4;/q+3;+2;8*-1;+3. The Morgan fingerprint density at radius 2 is 0.257 bits per heavy atom. The van der Waals surface area contributed by atoms with Crippen molar-refractivity contribution in [1.29, 1.82) is 0 Å². The molecule has 0 N–H and O–H groups in total. The molecule has 0 rings (SSSR count). The van der Waals surface area contributed by atoms with Crippen LogP contribution in [0.4, 0.5) is 0 Å². The predicted molar refractivity (Wildman–Crippen MR) is 88.6 cm³/mol. The van der Waals surface area contributed by atoms with Crippen molar-refractivity contribution in [3.05, 3.63) is 123 Å². The number of nitrogens with zero attached hydrogens (tertiary/aromatic N) is 8. The Kier molecular flexibility index (Phi) is 126. The van der Waals surface area contributed by atoms with Crippen molar-refractivity contribution in [2.45, 2.75) is 0 Å².